The SMILES string of the molecule is CC1(C2C=CC=CO2)NCCc2ccc(C(N)=O)cc21. The molecule has 0 saturated heterocycles. The number of rotatable bonds is 2. The van der Waals surface area contributed by atoms with Gasteiger partial charge >= 0.3 is 0 Å². The van der Waals surface area contributed by atoms with Crippen LogP contribution in [-0.4, -0.2) is 18.6 Å². The first-order valence-corrected chi connectivity index (χ1v) is 6.78. The molecule has 3 rings (SSSR count). The van der Waals surface area contributed by atoms with Crippen molar-refractivity contribution in [2.45, 2.75) is 25.0 Å². The number of nitrogens with two attached hydrogens (primary N) is 1. The second-order valence-electron chi connectivity index (χ2n) is 5.39. The molecule has 2 atom stereocenters. The van der Waals surface area contributed by atoms with Crippen molar-refractivity contribution in [3.63, 3.8) is 0 Å². The number of nitrogens with one attached hydrogen (secondary N) is 1. The molecule has 0 bridgehead atoms. The normalized spacial score (nSPS) is 27.8. The molecular formula is C16H18N2O2. The second kappa shape index (κ2) is 4.80. The Bertz CT molecular complexity index is 606. The van der Waals surface area contributed by atoms with Gasteiger partial charge in [-0.2, -0.15) is 0 Å². The Balaban J connectivity index is 2.07. The van der Waals surface area contributed by atoms with E-state index < -0.39 is 5.91 Å². The summed E-state index contributed by atoms with van der Waals surface area (Å²) in [6, 6.07) is 5.68. The van der Waals surface area contributed by atoms with Gasteiger partial charge in [0.05, 0.1) is 11.8 Å². The van der Waals surface area contributed by atoms with Gasteiger partial charge in [0.25, 0.3) is 0 Å². The van der Waals surface area contributed by atoms with Gasteiger partial charge in [0.1, 0.15) is 6.10 Å². The van der Waals surface area contributed by atoms with Crippen LogP contribution >= 0.6 is 0 Å². The van der Waals surface area contributed by atoms with E-state index in [1.54, 1.807) is 12.3 Å². The Labute approximate surface area is 118 Å². The summed E-state index contributed by atoms with van der Waals surface area (Å²) in [5, 5.41) is 3.53. The van der Waals surface area contributed by atoms with Crippen LogP contribution in [0.3, 0.4) is 0 Å². The third kappa shape index (κ3) is 2.02. The zero-order valence-corrected chi connectivity index (χ0v) is 11.4. The van der Waals surface area contributed by atoms with E-state index in [1.165, 1.54) is 5.56 Å². The lowest BCUT2D eigenvalue weighted by Crippen LogP contribution is -2.53. The molecule has 1 aromatic rings. The summed E-state index contributed by atoms with van der Waals surface area (Å²) < 4.78 is 5.73. The van der Waals surface area contributed by atoms with Crippen LogP contribution in [0.25, 0.3) is 0 Å². The van der Waals surface area contributed by atoms with Crippen LogP contribution < -0.4 is 11.1 Å². The maximum absolute atomic E-state index is 11.4. The second-order valence-corrected chi connectivity index (χ2v) is 5.39. The summed E-state index contributed by atoms with van der Waals surface area (Å²) >= 11 is 0. The van der Waals surface area contributed by atoms with E-state index in [0.29, 0.717) is 5.56 Å². The number of amides is 1. The first-order chi connectivity index (χ1) is 9.61. The van der Waals surface area contributed by atoms with Crippen LogP contribution in [0.1, 0.15) is 28.4 Å². The van der Waals surface area contributed by atoms with Gasteiger partial charge < -0.3 is 15.8 Å². The van der Waals surface area contributed by atoms with Crippen molar-refractivity contribution >= 4 is 5.91 Å². The fourth-order valence-electron chi connectivity index (χ4n) is 2.95. The highest BCUT2D eigenvalue weighted by molar-refractivity contribution is 5.93. The predicted octanol–water partition coefficient (Wildman–Crippen LogP) is 1.62. The van der Waals surface area contributed by atoms with E-state index >= 15 is 0 Å². The molecule has 3 N–H and O–H groups in total. The highest BCUT2D eigenvalue weighted by Gasteiger charge is 2.39. The molecule has 104 valence electrons. The summed E-state index contributed by atoms with van der Waals surface area (Å²) in [7, 11) is 0. The first-order valence-electron chi connectivity index (χ1n) is 6.78. The minimum Gasteiger partial charge on any atom is -0.492 e. The minimum atomic E-state index is -0.402. The lowest BCUT2D eigenvalue weighted by Gasteiger charge is -2.42. The largest absolute Gasteiger partial charge is 0.492 e. The van der Waals surface area contributed by atoms with Crippen LogP contribution in [0.4, 0.5) is 0 Å². The standard InChI is InChI=1S/C16H18N2O2/c1-16(14-4-2-3-9-20-14)13-10-12(15(17)19)6-5-11(13)7-8-18-16/h2-6,9-10,14,18H,7-8H2,1H3,(H2,17,19). The number of ether oxygens (including phenoxy) is 1. The van der Waals surface area contributed by atoms with E-state index in [4.69, 9.17) is 10.5 Å². The Morgan fingerprint density at radius 1 is 1.45 bits per heavy atom. The van der Waals surface area contributed by atoms with Gasteiger partial charge in [0.2, 0.25) is 5.91 Å². The molecule has 1 amide bonds. The molecule has 20 heavy (non-hydrogen) atoms. The first kappa shape index (κ1) is 12.9. The number of fused-ring (bicyclic) bond motifs is 1. The highest BCUT2D eigenvalue weighted by Crippen LogP contribution is 2.35. The zero-order valence-electron chi connectivity index (χ0n) is 11.4. The average Bonchev–Trinajstić information content (AvgIpc) is 2.48. The topological polar surface area (TPSA) is 64.3 Å². The fourth-order valence-corrected chi connectivity index (χ4v) is 2.95. The molecule has 0 saturated carbocycles. The lowest BCUT2D eigenvalue weighted by atomic mass is 9.78. The van der Waals surface area contributed by atoms with Gasteiger partial charge in [0.15, 0.2) is 0 Å². The number of carbonyl (C=O) groups excluding carboxylic acids is 1. The molecule has 0 aromatic heterocycles. The fraction of sp³-hybridized carbons (Fsp3) is 0.312. The van der Waals surface area contributed by atoms with Gasteiger partial charge in [-0.25, -0.2) is 0 Å². The van der Waals surface area contributed by atoms with E-state index in [9.17, 15) is 4.79 Å². The maximum atomic E-state index is 11.4. The lowest BCUT2D eigenvalue weighted by molar-refractivity contribution is 0.0816. The number of primary amides is 1. The van der Waals surface area contributed by atoms with E-state index in [1.807, 2.05) is 30.4 Å². The number of hydrogen-bond acceptors (Lipinski definition) is 3. The molecule has 2 heterocycles. The molecule has 0 radical (unpaired) electrons. The molecular weight excluding hydrogens is 252 g/mol. The summed E-state index contributed by atoms with van der Waals surface area (Å²) in [4.78, 5) is 11.4. The molecule has 0 aliphatic carbocycles. The summed E-state index contributed by atoms with van der Waals surface area (Å²) in [6.07, 6.45) is 8.41. The highest BCUT2D eigenvalue weighted by atomic mass is 16.5. The van der Waals surface area contributed by atoms with Gasteiger partial charge in [-0.3, -0.25) is 4.79 Å². The molecule has 4 heteroatoms. The van der Waals surface area contributed by atoms with Crippen molar-refractivity contribution in [3.8, 4) is 0 Å². The molecule has 4 nitrogen and oxygen atoms in total. The monoisotopic (exact) mass is 270 g/mol. The number of allylic oxidation sites excluding steroid dienone is 2. The molecule has 2 aliphatic rings. The summed E-state index contributed by atoms with van der Waals surface area (Å²) in [6.45, 7) is 2.99. The molecule has 0 spiro atoms. The van der Waals surface area contributed by atoms with Crippen LogP contribution in [0, 0.1) is 0 Å². The van der Waals surface area contributed by atoms with Gasteiger partial charge in [-0.15, -0.1) is 0 Å². The summed E-state index contributed by atoms with van der Waals surface area (Å²) in [5.74, 6) is -0.402. The maximum Gasteiger partial charge on any atom is 0.248 e. The van der Waals surface area contributed by atoms with Crippen LogP contribution in [0.2, 0.25) is 0 Å². The van der Waals surface area contributed by atoms with Crippen LogP contribution in [0.5, 0.6) is 0 Å². The van der Waals surface area contributed by atoms with E-state index in [0.717, 1.165) is 18.5 Å². The van der Waals surface area contributed by atoms with Crippen molar-refractivity contribution in [1.29, 1.82) is 0 Å². The van der Waals surface area contributed by atoms with Crippen molar-refractivity contribution in [2.24, 2.45) is 5.73 Å². The molecule has 0 fully saturated rings. The van der Waals surface area contributed by atoms with E-state index in [2.05, 4.69) is 12.2 Å². The minimum absolute atomic E-state index is 0.102. The molecule has 2 unspecified atom stereocenters. The average molecular weight is 270 g/mol. The Hall–Kier alpha value is -2.07. The van der Waals surface area contributed by atoms with Gasteiger partial charge in [0, 0.05) is 12.1 Å². The number of hydrogen-bond donors (Lipinski definition) is 2. The van der Waals surface area contributed by atoms with Crippen molar-refractivity contribution in [2.75, 3.05) is 6.54 Å². The van der Waals surface area contributed by atoms with Crippen molar-refractivity contribution in [3.05, 3.63) is 59.4 Å². The third-order valence-electron chi connectivity index (χ3n) is 4.11. The Kier molecular flexibility index (Phi) is 3.10. The Morgan fingerprint density at radius 3 is 3.00 bits per heavy atom. The van der Waals surface area contributed by atoms with Crippen molar-refractivity contribution in [1.82, 2.24) is 5.32 Å². The van der Waals surface area contributed by atoms with Crippen LogP contribution in [-0.2, 0) is 16.7 Å². The molecule has 2 aliphatic heterocycles. The predicted molar refractivity (Wildman–Crippen MR) is 77.2 cm³/mol. The Morgan fingerprint density at radius 2 is 2.30 bits per heavy atom. The zero-order chi connectivity index (χ0) is 14.2. The third-order valence-corrected chi connectivity index (χ3v) is 4.11. The number of benzene rings is 1. The van der Waals surface area contributed by atoms with E-state index in [-0.39, 0.29) is 11.6 Å². The van der Waals surface area contributed by atoms with Gasteiger partial charge in [-0.05, 0) is 48.8 Å². The van der Waals surface area contributed by atoms with Crippen molar-refractivity contribution < 1.29 is 9.53 Å². The smallest absolute Gasteiger partial charge is 0.248 e. The van der Waals surface area contributed by atoms with Crippen LogP contribution in [0.15, 0.2) is 42.7 Å². The quantitative estimate of drug-likeness (QED) is 0.858. The molecule has 1 aromatic carbocycles. The van der Waals surface area contributed by atoms with Gasteiger partial charge in [-0.1, -0.05) is 12.1 Å². The summed E-state index contributed by atoms with van der Waals surface area (Å²) in [5.41, 5.74) is 7.90. The number of carbonyl (C=O) groups is 1.